The Morgan fingerprint density at radius 1 is 1.61 bits per heavy atom. The SMILES string of the molecule is CCN1CCCC1CN(C)CCC(NC)C(=O)O. The Labute approximate surface area is 110 Å². The van der Waals surface area contributed by atoms with Gasteiger partial charge in [0.15, 0.2) is 0 Å². The summed E-state index contributed by atoms with van der Waals surface area (Å²) in [5.41, 5.74) is 0. The molecule has 0 aliphatic carbocycles. The van der Waals surface area contributed by atoms with Crippen molar-refractivity contribution in [3.8, 4) is 0 Å². The molecule has 0 bridgehead atoms. The number of hydrogen-bond acceptors (Lipinski definition) is 4. The number of hydrogen-bond donors (Lipinski definition) is 2. The monoisotopic (exact) mass is 257 g/mol. The van der Waals surface area contributed by atoms with Crippen LogP contribution in [0.2, 0.25) is 0 Å². The number of carbonyl (C=O) groups is 1. The molecule has 18 heavy (non-hydrogen) atoms. The van der Waals surface area contributed by atoms with Crippen molar-refractivity contribution in [1.82, 2.24) is 15.1 Å². The molecule has 0 aromatic carbocycles. The summed E-state index contributed by atoms with van der Waals surface area (Å²) in [4.78, 5) is 15.7. The molecule has 0 spiro atoms. The van der Waals surface area contributed by atoms with Gasteiger partial charge in [0.1, 0.15) is 6.04 Å². The minimum absolute atomic E-state index is 0.432. The van der Waals surface area contributed by atoms with Crippen LogP contribution in [0.5, 0.6) is 0 Å². The van der Waals surface area contributed by atoms with E-state index in [1.165, 1.54) is 19.4 Å². The van der Waals surface area contributed by atoms with E-state index >= 15 is 0 Å². The van der Waals surface area contributed by atoms with Gasteiger partial charge in [-0.15, -0.1) is 0 Å². The molecule has 1 aliphatic rings. The number of likely N-dealkylation sites (tertiary alicyclic amines) is 1. The number of likely N-dealkylation sites (N-methyl/N-ethyl adjacent to an activating group) is 3. The van der Waals surface area contributed by atoms with Crippen LogP contribution in [-0.2, 0) is 4.79 Å². The third-order valence-corrected chi connectivity index (χ3v) is 3.87. The van der Waals surface area contributed by atoms with Crippen LogP contribution in [0, 0.1) is 0 Å². The molecule has 0 aromatic heterocycles. The van der Waals surface area contributed by atoms with Crippen molar-refractivity contribution in [1.29, 1.82) is 0 Å². The third-order valence-electron chi connectivity index (χ3n) is 3.87. The zero-order valence-corrected chi connectivity index (χ0v) is 11.9. The summed E-state index contributed by atoms with van der Waals surface area (Å²) >= 11 is 0. The molecule has 0 radical (unpaired) electrons. The number of rotatable bonds is 8. The van der Waals surface area contributed by atoms with Gasteiger partial charge in [-0.1, -0.05) is 6.92 Å². The molecule has 2 unspecified atom stereocenters. The second-order valence-electron chi connectivity index (χ2n) is 5.16. The van der Waals surface area contributed by atoms with E-state index in [1.54, 1.807) is 7.05 Å². The van der Waals surface area contributed by atoms with Gasteiger partial charge in [-0.25, -0.2) is 0 Å². The Morgan fingerprint density at radius 2 is 2.33 bits per heavy atom. The van der Waals surface area contributed by atoms with E-state index < -0.39 is 12.0 Å². The Morgan fingerprint density at radius 3 is 2.89 bits per heavy atom. The quantitative estimate of drug-likeness (QED) is 0.662. The summed E-state index contributed by atoms with van der Waals surface area (Å²) in [7, 11) is 3.79. The van der Waals surface area contributed by atoms with Crippen LogP contribution in [0.25, 0.3) is 0 Å². The molecule has 5 heteroatoms. The molecule has 1 fully saturated rings. The van der Waals surface area contributed by atoms with Gasteiger partial charge in [0, 0.05) is 12.6 Å². The molecule has 5 nitrogen and oxygen atoms in total. The second-order valence-corrected chi connectivity index (χ2v) is 5.16. The molecule has 1 heterocycles. The van der Waals surface area contributed by atoms with Gasteiger partial charge in [-0.3, -0.25) is 9.69 Å². The van der Waals surface area contributed by atoms with Crippen LogP contribution >= 0.6 is 0 Å². The van der Waals surface area contributed by atoms with Gasteiger partial charge in [-0.05, 0) is 53.0 Å². The van der Waals surface area contributed by atoms with Crippen LogP contribution in [0.4, 0.5) is 0 Å². The Kier molecular flexibility index (Phi) is 6.60. The molecule has 1 rings (SSSR count). The van der Waals surface area contributed by atoms with Gasteiger partial charge in [-0.2, -0.15) is 0 Å². The molecule has 2 N–H and O–H groups in total. The minimum atomic E-state index is -0.762. The van der Waals surface area contributed by atoms with Crippen molar-refractivity contribution in [3.63, 3.8) is 0 Å². The summed E-state index contributed by atoms with van der Waals surface area (Å²) in [6, 6.07) is 0.219. The van der Waals surface area contributed by atoms with Crippen LogP contribution in [0.3, 0.4) is 0 Å². The molecule has 106 valence electrons. The lowest BCUT2D eigenvalue weighted by atomic mass is 10.1. The number of carboxylic acids is 1. The highest BCUT2D eigenvalue weighted by Crippen LogP contribution is 2.17. The zero-order valence-electron chi connectivity index (χ0n) is 11.9. The topological polar surface area (TPSA) is 55.8 Å². The molecule has 0 amide bonds. The lowest BCUT2D eigenvalue weighted by Crippen LogP contribution is -2.41. The fraction of sp³-hybridized carbons (Fsp3) is 0.923. The highest BCUT2D eigenvalue weighted by Gasteiger charge is 2.24. The predicted octanol–water partition coefficient (Wildman–Crippen LogP) is 0.465. The largest absolute Gasteiger partial charge is 0.480 e. The maximum atomic E-state index is 10.9. The van der Waals surface area contributed by atoms with E-state index in [0.717, 1.165) is 19.6 Å². The number of nitrogens with zero attached hydrogens (tertiary/aromatic N) is 2. The van der Waals surface area contributed by atoms with Crippen molar-refractivity contribution in [2.45, 2.75) is 38.3 Å². The maximum Gasteiger partial charge on any atom is 0.320 e. The second kappa shape index (κ2) is 7.71. The predicted molar refractivity (Wildman–Crippen MR) is 72.9 cm³/mol. The van der Waals surface area contributed by atoms with E-state index in [0.29, 0.717) is 12.5 Å². The van der Waals surface area contributed by atoms with Gasteiger partial charge in [0.25, 0.3) is 0 Å². The van der Waals surface area contributed by atoms with Crippen molar-refractivity contribution in [2.24, 2.45) is 0 Å². The first-order valence-electron chi connectivity index (χ1n) is 6.91. The summed E-state index contributed by atoms with van der Waals surface area (Å²) in [5.74, 6) is -0.762. The molecular formula is C13H27N3O2. The Hall–Kier alpha value is -0.650. The van der Waals surface area contributed by atoms with Gasteiger partial charge < -0.3 is 15.3 Å². The van der Waals surface area contributed by atoms with E-state index in [-0.39, 0.29) is 0 Å². The first-order valence-corrected chi connectivity index (χ1v) is 6.91. The van der Waals surface area contributed by atoms with E-state index in [2.05, 4.69) is 29.1 Å². The summed E-state index contributed by atoms with van der Waals surface area (Å²) in [6.07, 6.45) is 3.22. The molecular weight excluding hydrogens is 230 g/mol. The smallest absolute Gasteiger partial charge is 0.320 e. The highest BCUT2D eigenvalue weighted by atomic mass is 16.4. The summed E-state index contributed by atoms with van der Waals surface area (Å²) in [5, 5.41) is 11.8. The highest BCUT2D eigenvalue weighted by molar-refractivity contribution is 5.73. The van der Waals surface area contributed by atoms with E-state index in [1.807, 2.05) is 0 Å². The van der Waals surface area contributed by atoms with E-state index in [9.17, 15) is 4.79 Å². The molecule has 2 atom stereocenters. The van der Waals surface area contributed by atoms with Crippen LogP contribution < -0.4 is 5.32 Å². The van der Waals surface area contributed by atoms with Gasteiger partial charge in [0.2, 0.25) is 0 Å². The number of carboxylic acid groups (broad SMARTS) is 1. The normalized spacial score (nSPS) is 22.6. The average Bonchev–Trinajstić information content (AvgIpc) is 2.76. The first kappa shape index (κ1) is 15.4. The summed E-state index contributed by atoms with van der Waals surface area (Å²) in [6.45, 7) is 6.41. The molecule has 1 aliphatic heterocycles. The van der Waals surface area contributed by atoms with Crippen molar-refractivity contribution < 1.29 is 9.90 Å². The third kappa shape index (κ3) is 4.55. The lowest BCUT2D eigenvalue weighted by Gasteiger charge is -2.28. The number of aliphatic carboxylic acids is 1. The van der Waals surface area contributed by atoms with Gasteiger partial charge >= 0.3 is 5.97 Å². The average molecular weight is 257 g/mol. The zero-order chi connectivity index (χ0) is 13.5. The van der Waals surface area contributed by atoms with Crippen LogP contribution in [-0.4, -0.2) is 73.2 Å². The molecule has 0 aromatic rings. The maximum absolute atomic E-state index is 10.9. The Bertz CT molecular complexity index is 261. The lowest BCUT2D eigenvalue weighted by molar-refractivity contribution is -0.139. The standard InChI is InChI=1S/C13H27N3O2/c1-4-16-8-5-6-11(16)10-15(3)9-7-12(14-2)13(17)18/h11-12,14H,4-10H2,1-3H3,(H,17,18). The van der Waals surface area contributed by atoms with Crippen LogP contribution in [0.15, 0.2) is 0 Å². The summed E-state index contributed by atoms with van der Waals surface area (Å²) < 4.78 is 0. The molecule has 1 saturated heterocycles. The molecule has 0 saturated carbocycles. The van der Waals surface area contributed by atoms with Gasteiger partial charge in [0.05, 0.1) is 0 Å². The fourth-order valence-corrected chi connectivity index (χ4v) is 2.71. The van der Waals surface area contributed by atoms with Crippen molar-refractivity contribution in [2.75, 3.05) is 40.3 Å². The van der Waals surface area contributed by atoms with Crippen molar-refractivity contribution >= 4 is 5.97 Å². The Balaban J connectivity index is 2.28. The van der Waals surface area contributed by atoms with Crippen molar-refractivity contribution in [3.05, 3.63) is 0 Å². The van der Waals surface area contributed by atoms with E-state index in [4.69, 9.17) is 5.11 Å². The van der Waals surface area contributed by atoms with Crippen LogP contribution in [0.1, 0.15) is 26.2 Å². The number of nitrogens with one attached hydrogen (secondary N) is 1. The minimum Gasteiger partial charge on any atom is -0.480 e. The first-order chi connectivity index (χ1) is 8.58. The fourth-order valence-electron chi connectivity index (χ4n) is 2.71.